The number of imidazole rings is 1. The van der Waals surface area contributed by atoms with Gasteiger partial charge in [0.05, 0.1) is 29.5 Å². The molecule has 5 nitrogen and oxygen atoms in total. The number of fused-ring (bicyclic) bond motifs is 1. The molecule has 0 bridgehead atoms. The molecule has 0 radical (unpaired) electrons. The van der Waals surface area contributed by atoms with Gasteiger partial charge in [-0.05, 0) is 31.2 Å². The molecule has 0 fully saturated rings. The quantitative estimate of drug-likeness (QED) is 0.711. The molecular formula is C18H18N2O3. The van der Waals surface area contributed by atoms with Crippen LogP contribution in [0.5, 0.6) is 5.75 Å². The standard InChI is InChI=1S/C18H18N2O3/c1-13(21)15-6-2-5-9-18(15)23-11-14(22)10-20-12-19-16-7-3-4-8-17(16)20/h2-9,12,14,22H,10-11H2,1H3. The summed E-state index contributed by atoms with van der Waals surface area (Å²) >= 11 is 0. The average Bonchev–Trinajstić information content (AvgIpc) is 2.96. The number of Topliss-reactive ketones (excluding diaryl/α,β-unsaturated/α-hetero) is 1. The van der Waals surface area contributed by atoms with Crippen molar-refractivity contribution in [1.82, 2.24) is 9.55 Å². The van der Waals surface area contributed by atoms with Crippen LogP contribution in [0.1, 0.15) is 17.3 Å². The van der Waals surface area contributed by atoms with Crippen molar-refractivity contribution in [2.24, 2.45) is 0 Å². The fourth-order valence-corrected chi connectivity index (χ4v) is 2.50. The molecule has 23 heavy (non-hydrogen) atoms. The largest absolute Gasteiger partial charge is 0.490 e. The first-order valence-electron chi connectivity index (χ1n) is 7.46. The van der Waals surface area contributed by atoms with Crippen LogP contribution in [0.2, 0.25) is 0 Å². The number of benzene rings is 2. The van der Waals surface area contributed by atoms with Crippen LogP contribution in [-0.2, 0) is 6.54 Å². The minimum absolute atomic E-state index is 0.0595. The van der Waals surface area contributed by atoms with Gasteiger partial charge in [0.1, 0.15) is 18.5 Å². The topological polar surface area (TPSA) is 64.3 Å². The first-order valence-corrected chi connectivity index (χ1v) is 7.46. The number of carbonyl (C=O) groups is 1. The van der Waals surface area contributed by atoms with E-state index in [0.29, 0.717) is 17.9 Å². The third-order valence-electron chi connectivity index (χ3n) is 3.63. The van der Waals surface area contributed by atoms with Crippen molar-refractivity contribution in [3.63, 3.8) is 0 Å². The number of nitrogens with zero attached hydrogens (tertiary/aromatic N) is 2. The summed E-state index contributed by atoms with van der Waals surface area (Å²) in [4.78, 5) is 15.9. The van der Waals surface area contributed by atoms with Crippen LogP contribution in [0.25, 0.3) is 11.0 Å². The summed E-state index contributed by atoms with van der Waals surface area (Å²) in [6, 6.07) is 14.8. The zero-order valence-electron chi connectivity index (χ0n) is 12.8. The summed E-state index contributed by atoms with van der Waals surface area (Å²) in [6.07, 6.45) is 1.00. The van der Waals surface area contributed by atoms with E-state index < -0.39 is 6.10 Å². The van der Waals surface area contributed by atoms with Gasteiger partial charge < -0.3 is 14.4 Å². The second-order valence-corrected chi connectivity index (χ2v) is 5.40. The molecule has 1 N–H and O–H groups in total. The summed E-state index contributed by atoms with van der Waals surface area (Å²) in [7, 11) is 0. The third-order valence-corrected chi connectivity index (χ3v) is 3.63. The summed E-state index contributed by atoms with van der Waals surface area (Å²) in [5, 5.41) is 10.2. The van der Waals surface area contributed by atoms with Gasteiger partial charge in [-0.3, -0.25) is 4.79 Å². The Morgan fingerprint density at radius 1 is 1.22 bits per heavy atom. The molecule has 3 aromatic rings. The highest BCUT2D eigenvalue weighted by molar-refractivity contribution is 5.96. The van der Waals surface area contributed by atoms with E-state index in [1.807, 2.05) is 28.8 Å². The Bertz CT molecular complexity index is 826. The minimum Gasteiger partial charge on any atom is -0.490 e. The van der Waals surface area contributed by atoms with Crippen LogP contribution >= 0.6 is 0 Å². The van der Waals surface area contributed by atoms with Crippen LogP contribution in [0.4, 0.5) is 0 Å². The molecule has 1 atom stereocenters. The Balaban J connectivity index is 1.66. The average molecular weight is 310 g/mol. The Morgan fingerprint density at radius 3 is 2.78 bits per heavy atom. The fourth-order valence-electron chi connectivity index (χ4n) is 2.50. The maximum atomic E-state index is 11.6. The monoisotopic (exact) mass is 310 g/mol. The van der Waals surface area contributed by atoms with Gasteiger partial charge in [0.25, 0.3) is 0 Å². The summed E-state index contributed by atoms with van der Waals surface area (Å²) in [5.41, 5.74) is 2.38. The van der Waals surface area contributed by atoms with Crippen molar-refractivity contribution in [2.75, 3.05) is 6.61 Å². The number of hydrogen-bond donors (Lipinski definition) is 1. The van der Waals surface area contributed by atoms with Gasteiger partial charge in [-0.2, -0.15) is 0 Å². The van der Waals surface area contributed by atoms with Crippen molar-refractivity contribution in [1.29, 1.82) is 0 Å². The van der Waals surface area contributed by atoms with Crippen LogP contribution in [-0.4, -0.2) is 33.2 Å². The van der Waals surface area contributed by atoms with Crippen molar-refractivity contribution < 1.29 is 14.6 Å². The molecule has 3 rings (SSSR count). The first-order chi connectivity index (χ1) is 11.1. The summed E-state index contributed by atoms with van der Waals surface area (Å²) in [5.74, 6) is 0.435. The molecule has 0 saturated heterocycles. The van der Waals surface area contributed by atoms with E-state index in [9.17, 15) is 9.90 Å². The van der Waals surface area contributed by atoms with Gasteiger partial charge in [-0.15, -0.1) is 0 Å². The molecule has 0 aliphatic heterocycles. The SMILES string of the molecule is CC(=O)c1ccccc1OCC(O)Cn1cnc2ccccc21. The fraction of sp³-hybridized carbons (Fsp3) is 0.222. The highest BCUT2D eigenvalue weighted by Crippen LogP contribution is 2.19. The number of hydrogen-bond acceptors (Lipinski definition) is 4. The highest BCUT2D eigenvalue weighted by Gasteiger charge is 2.12. The molecule has 0 saturated carbocycles. The predicted octanol–water partition coefficient (Wildman–Crippen LogP) is 2.68. The second-order valence-electron chi connectivity index (χ2n) is 5.40. The van der Waals surface area contributed by atoms with Gasteiger partial charge in [0.2, 0.25) is 0 Å². The van der Waals surface area contributed by atoms with Gasteiger partial charge in [-0.1, -0.05) is 24.3 Å². The maximum absolute atomic E-state index is 11.6. The van der Waals surface area contributed by atoms with Crippen LogP contribution in [0.15, 0.2) is 54.9 Å². The smallest absolute Gasteiger partial charge is 0.163 e. The van der Waals surface area contributed by atoms with E-state index in [2.05, 4.69) is 4.98 Å². The van der Waals surface area contributed by atoms with Crippen LogP contribution in [0, 0.1) is 0 Å². The number of para-hydroxylation sites is 3. The van der Waals surface area contributed by atoms with E-state index in [-0.39, 0.29) is 12.4 Å². The normalized spacial score (nSPS) is 12.3. The molecule has 0 amide bonds. The van der Waals surface area contributed by atoms with E-state index in [1.165, 1.54) is 6.92 Å². The summed E-state index contributed by atoms with van der Waals surface area (Å²) < 4.78 is 7.51. The van der Waals surface area contributed by atoms with E-state index >= 15 is 0 Å². The van der Waals surface area contributed by atoms with Gasteiger partial charge >= 0.3 is 0 Å². The number of aliphatic hydroxyl groups excluding tert-OH is 1. The number of carbonyl (C=O) groups excluding carboxylic acids is 1. The zero-order chi connectivity index (χ0) is 16.2. The van der Waals surface area contributed by atoms with Crippen LogP contribution < -0.4 is 4.74 Å². The number of ether oxygens (including phenoxy) is 1. The number of aliphatic hydroxyl groups is 1. The lowest BCUT2D eigenvalue weighted by atomic mass is 10.1. The molecule has 1 unspecified atom stereocenters. The Labute approximate surface area is 134 Å². The molecule has 118 valence electrons. The second kappa shape index (κ2) is 6.62. The molecule has 2 aromatic carbocycles. The lowest BCUT2D eigenvalue weighted by molar-refractivity contribution is 0.0904. The zero-order valence-corrected chi connectivity index (χ0v) is 12.8. The lowest BCUT2D eigenvalue weighted by Gasteiger charge is -2.15. The molecule has 1 aromatic heterocycles. The molecule has 5 heteroatoms. The van der Waals surface area contributed by atoms with Crippen molar-refractivity contribution in [3.8, 4) is 5.75 Å². The van der Waals surface area contributed by atoms with Gasteiger partial charge in [0.15, 0.2) is 5.78 Å². The van der Waals surface area contributed by atoms with Crippen molar-refractivity contribution in [3.05, 3.63) is 60.4 Å². The van der Waals surface area contributed by atoms with E-state index in [1.54, 1.807) is 30.6 Å². The predicted molar refractivity (Wildman–Crippen MR) is 87.7 cm³/mol. The van der Waals surface area contributed by atoms with Gasteiger partial charge in [-0.25, -0.2) is 4.98 Å². The molecule has 0 aliphatic rings. The number of rotatable bonds is 6. The molecule has 1 heterocycles. The van der Waals surface area contributed by atoms with Crippen molar-refractivity contribution >= 4 is 16.8 Å². The molecular weight excluding hydrogens is 292 g/mol. The Morgan fingerprint density at radius 2 is 1.96 bits per heavy atom. The third kappa shape index (κ3) is 3.40. The number of aromatic nitrogens is 2. The Hall–Kier alpha value is -2.66. The highest BCUT2D eigenvalue weighted by atomic mass is 16.5. The van der Waals surface area contributed by atoms with Crippen LogP contribution in [0.3, 0.4) is 0 Å². The van der Waals surface area contributed by atoms with Gasteiger partial charge in [0, 0.05) is 0 Å². The van der Waals surface area contributed by atoms with E-state index in [0.717, 1.165) is 11.0 Å². The Kier molecular flexibility index (Phi) is 4.39. The lowest BCUT2D eigenvalue weighted by Crippen LogP contribution is -2.23. The summed E-state index contributed by atoms with van der Waals surface area (Å²) in [6.45, 7) is 1.98. The molecule has 0 aliphatic carbocycles. The van der Waals surface area contributed by atoms with E-state index in [4.69, 9.17) is 4.74 Å². The van der Waals surface area contributed by atoms with Crippen molar-refractivity contribution in [2.45, 2.75) is 19.6 Å². The minimum atomic E-state index is -0.701. The maximum Gasteiger partial charge on any atom is 0.163 e. The molecule has 0 spiro atoms. The first kappa shape index (κ1) is 15.2. The number of ketones is 1.